The van der Waals surface area contributed by atoms with Crippen LogP contribution in [0.4, 0.5) is 11.4 Å². The Kier molecular flexibility index (Phi) is 6.50. The summed E-state index contributed by atoms with van der Waals surface area (Å²) < 4.78 is 8.97. The first kappa shape index (κ1) is 31.0. The standard InChI is InChI=1S/C48H41BN2O/c1-47(2,3)30-15-18-32(19-16-30)50-38-26-29-12-8-7-11-28(29)25-36(38)33-20-21-35-43-40(23-24-42-44(43)34-13-9-10-14-41(34)52-42)51-39-22-17-31(48(4,5)6)27-37(39)49-45(33)46(35)51/h7-27,49-50H,1-6H3. The van der Waals surface area contributed by atoms with Gasteiger partial charge in [-0.05, 0) is 92.3 Å². The zero-order valence-corrected chi connectivity index (χ0v) is 30.7. The first-order valence-electron chi connectivity index (χ1n) is 18.5. The Bertz CT molecular complexity index is 2910. The van der Waals surface area contributed by atoms with Crippen LogP contribution in [0.1, 0.15) is 52.7 Å². The largest absolute Gasteiger partial charge is 0.456 e. The van der Waals surface area contributed by atoms with Gasteiger partial charge in [-0.2, -0.15) is 0 Å². The number of hydrogen-bond donors (Lipinski definition) is 1. The molecule has 0 radical (unpaired) electrons. The topological polar surface area (TPSA) is 30.1 Å². The first-order valence-corrected chi connectivity index (χ1v) is 18.5. The van der Waals surface area contributed by atoms with Crippen LogP contribution >= 0.6 is 0 Å². The molecule has 1 aliphatic heterocycles. The van der Waals surface area contributed by atoms with Crippen molar-refractivity contribution in [2.75, 3.05) is 5.32 Å². The quantitative estimate of drug-likeness (QED) is 0.189. The van der Waals surface area contributed by atoms with E-state index in [0.717, 1.165) is 35.2 Å². The average molecular weight is 673 g/mol. The molecule has 2 aromatic heterocycles. The third kappa shape index (κ3) is 4.67. The number of anilines is 2. The molecule has 4 heteroatoms. The third-order valence-electron chi connectivity index (χ3n) is 11.3. The highest BCUT2D eigenvalue weighted by Gasteiger charge is 2.29. The summed E-state index contributed by atoms with van der Waals surface area (Å²) in [7, 11) is 0.851. The number of rotatable bonds is 3. The van der Waals surface area contributed by atoms with Gasteiger partial charge in [0.25, 0.3) is 0 Å². The fourth-order valence-electron chi connectivity index (χ4n) is 8.54. The maximum absolute atomic E-state index is 6.44. The Balaban J connectivity index is 1.28. The minimum Gasteiger partial charge on any atom is -0.456 e. The van der Waals surface area contributed by atoms with E-state index in [0.29, 0.717) is 0 Å². The molecule has 7 aromatic carbocycles. The first-order chi connectivity index (χ1) is 25.0. The highest BCUT2D eigenvalue weighted by Crippen LogP contribution is 2.43. The van der Waals surface area contributed by atoms with Crippen LogP contribution in [0.25, 0.3) is 71.3 Å². The number of nitrogens with zero attached hydrogens (tertiary/aromatic N) is 1. The van der Waals surface area contributed by atoms with Crippen molar-refractivity contribution in [3.8, 4) is 16.8 Å². The average Bonchev–Trinajstić information content (AvgIpc) is 3.67. The minimum atomic E-state index is 0.0444. The molecule has 0 fully saturated rings. The van der Waals surface area contributed by atoms with Crippen molar-refractivity contribution in [2.24, 2.45) is 0 Å². The Hall–Kier alpha value is -5.74. The van der Waals surface area contributed by atoms with Crippen molar-refractivity contribution >= 4 is 84.1 Å². The molecule has 0 atom stereocenters. The number of fused-ring (bicyclic) bond motifs is 10. The van der Waals surface area contributed by atoms with E-state index < -0.39 is 0 Å². The molecule has 252 valence electrons. The Labute approximate surface area is 305 Å². The summed E-state index contributed by atoms with van der Waals surface area (Å²) >= 11 is 0. The van der Waals surface area contributed by atoms with Crippen LogP contribution < -0.4 is 16.2 Å². The van der Waals surface area contributed by atoms with Gasteiger partial charge in [0.15, 0.2) is 7.28 Å². The van der Waals surface area contributed by atoms with E-state index in [9.17, 15) is 0 Å². The monoisotopic (exact) mass is 672 g/mol. The number of para-hydroxylation sites is 1. The van der Waals surface area contributed by atoms with Gasteiger partial charge >= 0.3 is 0 Å². The maximum atomic E-state index is 6.44. The minimum absolute atomic E-state index is 0.0444. The fourth-order valence-corrected chi connectivity index (χ4v) is 8.54. The molecule has 9 aromatic rings. The van der Waals surface area contributed by atoms with Crippen LogP contribution in [0.15, 0.2) is 132 Å². The number of benzene rings is 7. The predicted octanol–water partition coefficient (Wildman–Crippen LogP) is 11.5. The van der Waals surface area contributed by atoms with Crippen LogP contribution in [0.5, 0.6) is 0 Å². The van der Waals surface area contributed by atoms with E-state index in [2.05, 4.69) is 179 Å². The molecule has 0 bridgehead atoms. The molecule has 0 saturated carbocycles. The molecule has 0 unspecified atom stereocenters. The molecule has 3 nitrogen and oxygen atoms in total. The van der Waals surface area contributed by atoms with E-state index in [-0.39, 0.29) is 10.8 Å². The van der Waals surface area contributed by atoms with Gasteiger partial charge in [0, 0.05) is 49.7 Å². The van der Waals surface area contributed by atoms with E-state index in [1.807, 2.05) is 0 Å². The molecule has 0 aliphatic carbocycles. The Morgan fingerprint density at radius 3 is 2.06 bits per heavy atom. The lowest BCUT2D eigenvalue weighted by atomic mass is 9.58. The molecule has 0 spiro atoms. The van der Waals surface area contributed by atoms with Gasteiger partial charge in [-0.1, -0.05) is 126 Å². The molecular weight excluding hydrogens is 631 g/mol. The van der Waals surface area contributed by atoms with Crippen LogP contribution in [0.2, 0.25) is 0 Å². The lowest BCUT2D eigenvalue weighted by Gasteiger charge is -2.27. The maximum Gasteiger partial charge on any atom is 0.198 e. The number of furan rings is 1. The second-order valence-corrected chi connectivity index (χ2v) is 16.7. The van der Waals surface area contributed by atoms with Crippen LogP contribution in [0.3, 0.4) is 0 Å². The summed E-state index contributed by atoms with van der Waals surface area (Å²) in [6, 6.07) is 47.1. The van der Waals surface area contributed by atoms with E-state index in [1.165, 1.54) is 76.8 Å². The van der Waals surface area contributed by atoms with Gasteiger partial charge in [-0.25, -0.2) is 0 Å². The molecule has 0 amide bonds. The van der Waals surface area contributed by atoms with Gasteiger partial charge in [-0.15, -0.1) is 0 Å². The summed E-state index contributed by atoms with van der Waals surface area (Å²) in [6.45, 7) is 13.7. The third-order valence-corrected chi connectivity index (χ3v) is 11.3. The van der Waals surface area contributed by atoms with E-state index in [4.69, 9.17) is 4.42 Å². The summed E-state index contributed by atoms with van der Waals surface area (Å²) in [6.07, 6.45) is 0. The van der Waals surface area contributed by atoms with Crippen LogP contribution in [0, 0.1) is 0 Å². The Morgan fingerprint density at radius 1 is 0.577 bits per heavy atom. The van der Waals surface area contributed by atoms with E-state index >= 15 is 0 Å². The molecule has 10 rings (SSSR count). The van der Waals surface area contributed by atoms with Crippen LogP contribution in [-0.2, 0) is 10.8 Å². The van der Waals surface area contributed by atoms with E-state index in [1.54, 1.807) is 0 Å². The number of nitrogens with one attached hydrogen (secondary N) is 1. The summed E-state index contributed by atoms with van der Waals surface area (Å²) in [5.41, 5.74) is 15.8. The molecular formula is C48H41BN2O. The predicted molar refractivity (Wildman–Crippen MR) is 225 cm³/mol. The highest BCUT2D eigenvalue weighted by atomic mass is 16.3. The van der Waals surface area contributed by atoms with Gasteiger partial charge in [0.1, 0.15) is 11.2 Å². The number of hydrogen-bond acceptors (Lipinski definition) is 2. The summed E-state index contributed by atoms with van der Waals surface area (Å²) in [4.78, 5) is 0. The summed E-state index contributed by atoms with van der Waals surface area (Å²) in [5, 5.41) is 11.2. The number of aromatic nitrogens is 1. The van der Waals surface area contributed by atoms with Crippen molar-refractivity contribution in [2.45, 2.75) is 52.4 Å². The van der Waals surface area contributed by atoms with Gasteiger partial charge in [-0.3, -0.25) is 0 Å². The van der Waals surface area contributed by atoms with Crippen molar-refractivity contribution in [1.29, 1.82) is 0 Å². The van der Waals surface area contributed by atoms with Crippen molar-refractivity contribution in [1.82, 2.24) is 4.57 Å². The van der Waals surface area contributed by atoms with Crippen molar-refractivity contribution in [3.05, 3.63) is 139 Å². The molecule has 1 aliphatic rings. The van der Waals surface area contributed by atoms with Crippen LogP contribution in [-0.4, -0.2) is 11.8 Å². The van der Waals surface area contributed by atoms with Gasteiger partial charge in [0.2, 0.25) is 0 Å². The fraction of sp³-hybridized carbons (Fsp3) is 0.167. The normalized spacial score (nSPS) is 13.0. The second-order valence-electron chi connectivity index (χ2n) is 16.7. The highest BCUT2D eigenvalue weighted by molar-refractivity contribution is 6.73. The lowest BCUT2D eigenvalue weighted by molar-refractivity contribution is 0.590. The lowest BCUT2D eigenvalue weighted by Crippen LogP contribution is -2.38. The molecule has 1 N–H and O–H groups in total. The zero-order valence-electron chi connectivity index (χ0n) is 30.7. The van der Waals surface area contributed by atoms with Gasteiger partial charge < -0.3 is 14.3 Å². The molecule has 3 heterocycles. The molecule has 52 heavy (non-hydrogen) atoms. The zero-order chi connectivity index (χ0) is 35.5. The summed E-state index contributed by atoms with van der Waals surface area (Å²) in [5.74, 6) is 0. The second kappa shape index (κ2) is 10.9. The van der Waals surface area contributed by atoms with Crippen molar-refractivity contribution in [3.63, 3.8) is 0 Å². The van der Waals surface area contributed by atoms with Crippen molar-refractivity contribution < 1.29 is 4.42 Å². The smallest absolute Gasteiger partial charge is 0.198 e. The SMILES string of the molecule is CC(C)(C)c1ccc(Nc2cc3ccccc3cc2-c2ccc3c4c5c(ccc4n4c3c2Bc2cc(C(C)(C)C)ccc2-4)oc2ccccc25)cc1. The Morgan fingerprint density at radius 2 is 1.29 bits per heavy atom. The van der Waals surface area contributed by atoms with Gasteiger partial charge in [0.05, 0.1) is 5.52 Å². The molecule has 0 saturated heterocycles.